The molecule has 0 aliphatic carbocycles. The van der Waals surface area contributed by atoms with Crippen molar-refractivity contribution in [2.24, 2.45) is 0 Å². The second kappa shape index (κ2) is 7.61. The minimum absolute atomic E-state index is 0.153. The van der Waals surface area contributed by atoms with E-state index < -0.39 is 5.91 Å². The molecule has 6 nitrogen and oxygen atoms in total. The second-order valence-corrected chi connectivity index (χ2v) is 6.59. The lowest BCUT2D eigenvalue weighted by atomic mass is 10.0. The van der Waals surface area contributed by atoms with Crippen LogP contribution < -0.4 is 15.6 Å². The van der Waals surface area contributed by atoms with Crippen LogP contribution in [0.5, 0.6) is 5.75 Å². The molecule has 0 aliphatic heterocycles. The lowest BCUT2D eigenvalue weighted by Gasteiger charge is -2.12. The molecule has 0 unspecified atom stereocenters. The Morgan fingerprint density at radius 2 is 1.89 bits per heavy atom. The Hall–Kier alpha value is -3.15. The van der Waals surface area contributed by atoms with Crippen molar-refractivity contribution in [3.63, 3.8) is 0 Å². The van der Waals surface area contributed by atoms with Crippen molar-refractivity contribution < 1.29 is 9.53 Å². The van der Waals surface area contributed by atoms with Gasteiger partial charge in [-0.05, 0) is 51.0 Å². The highest BCUT2D eigenvalue weighted by molar-refractivity contribution is 5.95. The van der Waals surface area contributed by atoms with Gasteiger partial charge in [0.05, 0.1) is 6.54 Å². The molecule has 2 N–H and O–H groups in total. The van der Waals surface area contributed by atoms with Gasteiger partial charge >= 0.3 is 0 Å². The van der Waals surface area contributed by atoms with Gasteiger partial charge in [-0.3, -0.25) is 9.59 Å². The molecule has 2 heterocycles. The molecular weight excluding hydrogens is 342 g/mol. The van der Waals surface area contributed by atoms with Gasteiger partial charge in [-0.25, -0.2) is 4.98 Å². The molecule has 3 aromatic rings. The first kappa shape index (κ1) is 18.6. The number of nitrogens with zero attached hydrogens (tertiary/aromatic N) is 1. The highest BCUT2D eigenvalue weighted by Gasteiger charge is 2.16. The molecule has 0 atom stereocenters. The Labute approximate surface area is 157 Å². The average molecular weight is 365 g/mol. The molecule has 6 heteroatoms. The van der Waals surface area contributed by atoms with Crippen LogP contribution in [0.3, 0.4) is 0 Å². The van der Waals surface area contributed by atoms with E-state index in [0.29, 0.717) is 11.3 Å². The number of amides is 1. The molecule has 1 aromatic carbocycles. The van der Waals surface area contributed by atoms with E-state index in [9.17, 15) is 9.59 Å². The summed E-state index contributed by atoms with van der Waals surface area (Å²) in [6.07, 6.45) is 0. The van der Waals surface area contributed by atoms with E-state index in [1.807, 2.05) is 51.1 Å². The van der Waals surface area contributed by atoms with Crippen molar-refractivity contribution >= 4 is 16.8 Å². The summed E-state index contributed by atoms with van der Waals surface area (Å²) in [4.78, 5) is 31.8. The SMILES string of the molecule is Cc1ccc2cccc(OCCNC(=O)c3c(C)c(C)c(C)[nH]c3=O)c2n1. The normalized spacial score (nSPS) is 10.8. The van der Waals surface area contributed by atoms with Gasteiger partial charge in [0.2, 0.25) is 0 Å². The number of carbonyl (C=O) groups is 1. The molecule has 27 heavy (non-hydrogen) atoms. The summed E-state index contributed by atoms with van der Waals surface area (Å²) in [5.41, 5.74) is 3.87. The number of H-pyrrole nitrogens is 1. The molecule has 1 amide bonds. The predicted molar refractivity (Wildman–Crippen MR) is 106 cm³/mol. The van der Waals surface area contributed by atoms with Gasteiger partial charge in [-0.1, -0.05) is 18.2 Å². The first-order valence-electron chi connectivity index (χ1n) is 8.86. The number of pyridine rings is 2. The number of fused-ring (bicyclic) bond motifs is 1. The summed E-state index contributed by atoms with van der Waals surface area (Å²) in [5, 5.41) is 3.75. The summed E-state index contributed by atoms with van der Waals surface area (Å²) in [7, 11) is 0. The van der Waals surface area contributed by atoms with Crippen LogP contribution in [0.15, 0.2) is 35.1 Å². The largest absolute Gasteiger partial charge is 0.489 e. The fourth-order valence-corrected chi connectivity index (χ4v) is 2.99. The summed E-state index contributed by atoms with van der Waals surface area (Å²) in [6.45, 7) is 7.98. The van der Waals surface area contributed by atoms with E-state index in [1.54, 1.807) is 6.92 Å². The van der Waals surface area contributed by atoms with Gasteiger partial charge < -0.3 is 15.0 Å². The average Bonchev–Trinajstić information content (AvgIpc) is 2.63. The molecule has 0 saturated carbocycles. The monoisotopic (exact) mass is 365 g/mol. The van der Waals surface area contributed by atoms with Gasteiger partial charge in [0.1, 0.15) is 23.4 Å². The first-order valence-corrected chi connectivity index (χ1v) is 8.86. The topological polar surface area (TPSA) is 84.1 Å². The summed E-state index contributed by atoms with van der Waals surface area (Å²) >= 11 is 0. The third-order valence-corrected chi connectivity index (χ3v) is 4.72. The van der Waals surface area contributed by atoms with Crippen molar-refractivity contribution in [3.8, 4) is 5.75 Å². The van der Waals surface area contributed by atoms with Crippen molar-refractivity contribution in [3.05, 3.63) is 68.8 Å². The fraction of sp³-hybridized carbons (Fsp3) is 0.286. The molecular formula is C21H23N3O3. The van der Waals surface area contributed by atoms with E-state index in [2.05, 4.69) is 15.3 Å². The molecule has 2 aromatic heterocycles. The Bertz CT molecular complexity index is 1070. The Balaban J connectivity index is 1.66. The highest BCUT2D eigenvalue weighted by Crippen LogP contribution is 2.23. The maximum absolute atomic E-state index is 12.4. The number of aromatic amines is 1. The molecule has 0 fully saturated rings. The van der Waals surface area contributed by atoms with Gasteiger partial charge in [0.25, 0.3) is 11.5 Å². The molecule has 0 radical (unpaired) electrons. The minimum atomic E-state index is -0.396. The van der Waals surface area contributed by atoms with Crippen LogP contribution >= 0.6 is 0 Å². The molecule has 140 valence electrons. The van der Waals surface area contributed by atoms with E-state index in [0.717, 1.165) is 27.9 Å². The van der Waals surface area contributed by atoms with Crippen molar-refractivity contribution in [2.45, 2.75) is 27.7 Å². The summed E-state index contributed by atoms with van der Waals surface area (Å²) in [6, 6.07) is 9.70. The Morgan fingerprint density at radius 1 is 1.11 bits per heavy atom. The number of ether oxygens (including phenoxy) is 1. The zero-order valence-corrected chi connectivity index (χ0v) is 16.0. The van der Waals surface area contributed by atoms with Crippen LogP contribution in [0.2, 0.25) is 0 Å². The molecule has 3 rings (SSSR count). The number of aryl methyl sites for hydroxylation is 2. The number of benzene rings is 1. The smallest absolute Gasteiger partial charge is 0.261 e. The van der Waals surface area contributed by atoms with Crippen LogP contribution in [0.25, 0.3) is 10.9 Å². The van der Waals surface area contributed by atoms with Crippen molar-refractivity contribution in [1.29, 1.82) is 0 Å². The second-order valence-electron chi connectivity index (χ2n) is 6.59. The summed E-state index contributed by atoms with van der Waals surface area (Å²) < 4.78 is 5.80. The maximum Gasteiger partial charge on any atom is 0.261 e. The van der Waals surface area contributed by atoms with E-state index >= 15 is 0 Å². The molecule has 0 saturated heterocycles. The van der Waals surface area contributed by atoms with Crippen LogP contribution in [0.4, 0.5) is 0 Å². The van der Waals surface area contributed by atoms with Crippen LogP contribution in [-0.2, 0) is 0 Å². The van der Waals surface area contributed by atoms with Crippen LogP contribution in [-0.4, -0.2) is 29.0 Å². The standard InChI is InChI=1S/C21H23N3O3/c1-12-8-9-16-6-5-7-17(19(16)23-12)27-11-10-22-20(25)18-14(3)13(2)15(4)24-21(18)26/h5-9H,10-11H2,1-4H3,(H,22,25)(H,24,26). The van der Waals surface area contributed by atoms with Crippen LogP contribution in [0.1, 0.15) is 32.9 Å². The highest BCUT2D eigenvalue weighted by atomic mass is 16.5. The lowest BCUT2D eigenvalue weighted by molar-refractivity contribution is 0.0945. The lowest BCUT2D eigenvalue weighted by Crippen LogP contribution is -2.34. The third-order valence-electron chi connectivity index (χ3n) is 4.72. The molecule has 0 spiro atoms. The van der Waals surface area contributed by atoms with Gasteiger partial charge in [-0.15, -0.1) is 0 Å². The predicted octanol–water partition coefficient (Wildman–Crippen LogP) is 2.97. The Morgan fingerprint density at radius 3 is 2.67 bits per heavy atom. The number of hydrogen-bond donors (Lipinski definition) is 2. The number of nitrogens with one attached hydrogen (secondary N) is 2. The zero-order valence-electron chi connectivity index (χ0n) is 16.0. The quantitative estimate of drug-likeness (QED) is 0.681. The number of carbonyl (C=O) groups excluding carboxylic acids is 1. The molecule has 0 bridgehead atoms. The number of rotatable bonds is 5. The first-order chi connectivity index (χ1) is 12.9. The zero-order chi connectivity index (χ0) is 19.6. The van der Waals surface area contributed by atoms with Gasteiger partial charge in [0.15, 0.2) is 0 Å². The van der Waals surface area contributed by atoms with E-state index in [-0.39, 0.29) is 24.3 Å². The van der Waals surface area contributed by atoms with Gasteiger partial charge in [-0.2, -0.15) is 0 Å². The minimum Gasteiger partial charge on any atom is -0.489 e. The fourth-order valence-electron chi connectivity index (χ4n) is 2.99. The maximum atomic E-state index is 12.4. The molecule has 0 aliphatic rings. The number of aromatic nitrogens is 2. The Kier molecular flexibility index (Phi) is 5.26. The van der Waals surface area contributed by atoms with E-state index in [4.69, 9.17) is 4.74 Å². The van der Waals surface area contributed by atoms with Crippen LogP contribution in [0, 0.1) is 27.7 Å². The number of para-hydroxylation sites is 1. The van der Waals surface area contributed by atoms with E-state index in [1.165, 1.54) is 0 Å². The van der Waals surface area contributed by atoms with Crippen molar-refractivity contribution in [1.82, 2.24) is 15.3 Å². The van der Waals surface area contributed by atoms with Crippen molar-refractivity contribution in [2.75, 3.05) is 13.2 Å². The van der Waals surface area contributed by atoms with Gasteiger partial charge in [0, 0.05) is 16.8 Å². The third kappa shape index (κ3) is 3.84. The summed E-state index contributed by atoms with van der Waals surface area (Å²) in [5.74, 6) is 0.276. The number of hydrogen-bond acceptors (Lipinski definition) is 4.